The molecule has 1 aromatic heterocycles. The lowest BCUT2D eigenvalue weighted by atomic mass is 10.1. The molecule has 8 heteroatoms. The molecule has 0 aliphatic heterocycles. The van der Waals surface area contributed by atoms with Crippen LogP contribution in [0.3, 0.4) is 0 Å². The summed E-state index contributed by atoms with van der Waals surface area (Å²) in [6.07, 6.45) is 1.77. The maximum atomic E-state index is 12.8. The standard InChI is InChI=1S/C22H23BrO7/c1-26-15-7-6-13(10-17(15)27-2)16-11-14(24)20-18(30-16)12-19(22(28-3)21(20)25)29-9-5-4-8-23/h6-7,10-12,25H,4-5,8-9H2,1-3H3. The number of unbranched alkanes of at least 4 members (excludes halogenated alkanes) is 1. The average Bonchev–Trinajstić information content (AvgIpc) is 2.75. The lowest BCUT2D eigenvalue weighted by Gasteiger charge is -2.14. The largest absolute Gasteiger partial charge is 0.504 e. The Balaban J connectivity index is 2.10. The normalized spacial score (nSPS) is 10.8. The van der Waals surface area contributed by atoms with Crippen molar-refractivity contribution < 1.29 is 28.5 Å². The molecule has 0 saturated carbocycles. The van der Waals surface area contributed by atoms with Gasteiger partial charge in [0.25, 0.3) is 0 Å². The molecule has 0 unspecified atom stereocenters. The zero-order chi connectivity index (χ0) is 21.7. The van der Waals surface area contributed by atoms with Gasteiger partial charge in [-0.15, -0.1) is 0 Å². The van der Waals surface area contributed by atoms with Crippen LogP contribution in [0.2, 0.25) is 0 Å². The monoisotopic (exact) mass is 478 g/mol. The van der Waals surface area contributed by atoms with Gasteiger partial charge in [0.05, 0.1) is 27.9 Å². The highest BCUT2D eigenvalue weighted by Gasteiger charge is 2.20. The quantitative estimate of drug-likeness (QED) is 0.350. The van der Waals surface area contributed by atoms with Gasteiger partial charge < -0.3 is 28.5 Å². The minimum absolute atomic E-state index is 0.0314. The predicted molar refractivity (Wildman–Crippen MR) is 118 cm³/mol. The van der Waals surface area contributed by atoms with Gasteiger partial charge >= 0.3 is 0 Å². The molecule has 0 bridgehead atoms. The molecule has 1 N–H and O–H groups in total. The number of phenolic OH excluding ortho intramolecular Hbond substituents is 1. The van der Waals surface area contributed by atoms with Crippen LogP contribution in [-0.2, 0) is 0 Å². The Morgan fingerprint density at radius 3 is 2.40 bits per heavy atom. The molecule has 3 aromatic rings. The van der Waals surface area contributed by atoms with Crippen LogP contribution in [0, 0.1) is 0 Å². The highest BCUT2D eigenvalue weighted by molar-refractivity contribution is 9.09. The molecule has 0 aliphatic rings. The maximum Gasteiger partial charge on any atom is 0.204 e. The predicted octanol–water partition coefficient (Wildman–Crippen LogP) is 4.75. The third kappa shape index (κ3) is 4.33. The lowest BCUT2D eigenvalue weighted by Crippen LogP contribution is -2.04. The van der Waals surface area contributed by atoms with Crippen molar-refractivity contribution in [1.29, 1.82) is 0 Å². The van der Waals surface area contributed by atoms with Gasteiger partial charge in [-0.2, -0.15) is 0 Å². The fourth-order valence-electron chi connectivity index (χ4n) is 3.08. The van der Waals surface area contributed by atoms with Crippen molar-refractivity contribution in [2.45, 2.75) is 12.8 Å². The van der Waals surface area contributed by atoms with E-state index in [4.69, 9.17) is 23.4 Å². The van der Waals surface area contributed by atoms with Crippen molar-refractivity contribution in [1.82, 2.24) is 0 Å². The summed E-state index contributed by atoms with van der Waals surface area (Å²) in [6.45, 7) is 0.437. The van der Waals surface area contributed by atoms with Crippen LogP contribution in [-0.4, -0.2) is 38.4 Å². The SMILES string of the molecule is COc1ccc(-c2cc(=O)c3c(O)c(OC)c(OCCCCBr)cc3o2)cc1OC. The summed E-state index contributed by atoms with van der Waals surface area (Å²) in [5, 5.41) is 11.5. The molecule has 0 radical (unpaired) electrons. The Hall–Kier alpha value is -2.87. The summed E-state index contributed by atoms with van der Waals surface area (Å²) < 4.78 is 27.6. The van der Waals surface area contributed by atoms with E-state index in [1.54, 1.807) is 31.4 Å². The molecule has 3 rings (SSSR count). The number of methoxy groups -OCH3 is 3. The first-order valence-corrected chi connectivity index (χ1v) is 10.4. The zero-order valence-corrected chi connectivity index (χ0v) is 18.6. The van der Waals surface area contributed by atoms with Crippen LogP contribution >= 0.6 is 15.9 Å². The van der Waals surface area contributed by atoms with Crippen LogP contribution < -0.4 is 24.4 Å². The third-order valence-electron chi connectivity index (χ3n) is 4.57. The van der Waals surface area contributed by atoms with Crippen LogP contribution in [0.1, 0.15) is 12.8 Å². The molecule has 7 nitrogen and oxygen atoms in total. The van der Waals surface area contributed by atoms with Gasteiger partial charge in [0.15, 0.2) is 28.4 Å². The number of ether oxygens (including phenoxy) is 4. The van der Waals surface area contributed by atoms with Gasteiger partial charge in [-0.1, -0.05) is 15.9 Å². The van der Waals surface area contributed by atoms with E-state index in [0.29, 0.717) is 35.2 Å². The number of fused-ring (bicyclic) bond motifs is 1. The first-order valence-electron chi connectivity index (χ1n) is 9.33. The number of halogens is 1. The van der Waals surface area contributed by atoms with Gasteiger partial charge in [0.2, 0.25) is 5.75 Å². The molecule has 0 fully saturated rings. The summed E-state index contributed by atoms with van der Waals surface area (Å²) in [5.74, 6) is 1.50. The zero-order valence-electron chi connectivity index (χ0n) is 17.0. The minimum Gasteiger partial charge on any atom is -0.504 e. The summed E-state index contributed by atoms with van der Waals surface area (Å²) >= 11 is 3.38. The van der Waals surface area contributed by atoms with E-state index in [-0.39, 0.29) is 22.5 Å². The Morgan fingerprint density at radius 1 is 0.967 bits per heavy atom. The molecule has 1 heterocycles. The first kappa shape index (κ1) is 21.8. The Labute approximate surface area is 182 Å². The molecule has 0 spiro atoms. The Kier molecular flexibility index (Phi) is 7.10. The van der Waals surface area contributed by atoms with Crippen LogP contribution in [0.25, 0.3) is 22.3 Å². The Morgan fingerprint density at radius 2 is 1.73 bits per heavy atom. The van der Waals surface area contributed by atoms with Crippen molar-refractivity contribution in [3.05, 3.63) is 40.6 Å². The molecule has 160 valence electrons. The average molecular weight is 479 g/mol. The molecule has 0 aliphatic carbocycles. The van der Waals surface area contributed by atoms with E-state index >= 15 is 0 Å². The molecular formula is C22H23BrO7. The van der Waals surface area contributed by atoms with Crippen molar-refractivity contribution in [2.24, 2.45) is 0 Å². The fourth-order valence-corrected chi connectivity index (χ4v) is 3.47. The van der Waals surface area contributed by atoms with Gasteiger partial charge in [-0.05, 0) is 31.0 Å². The fraction of sp³-hybridized carbons (Fsp3) is 0.318. The topological polar surface area (TPSA) is 87.4 Å². The Bertz CT molecular complexity index is 1090. The number of aromatic hydroxyl groups is 1. The summed E-state index contributed by atoms with van der Waals surface area (Å²) in [4.78, 5) is 12.8. The van der Waals surface area contributed by atoms with Crippen molar-refractivity contribution in [2.75, 3.05) is 33.3 Å². The lowest BCUT2D eigenvalue weighted by molar-refractivity contribution is 0.282. The van der Waals surface area contributed by atoms with Crippen LogP contribution in [0.5, 0.6) is 28.7 Å². The van der Waals surface area contributed by atoms with Gasteiger partial charge in [-0.25, -0.2) is 0 Å². The molecule has 0 amide bonds. The second-order valence-corrected chi connectivity index (χ2v) is 7.21. The van der Waals surface area contributed by atoms with E-state index < -0.39 is 5.43 Å². The van der Waals surface area contributed by atoms with E-state index in [1.165, 1.54) is 20.3 Å². The summed E-state index contributed by atoms with van der Waals surface area (Å²) in [5.41, 5.74) is 0.422. The van der Waals surface area contributed by atoms with Crippen LogP contribution in [0.4, 0.5) is 0 Å². The molecule has 2 aromatic carbocycles. The maximum absolute atomic E-state index is 12.8. The number of rotatable bonds is 9. The van der Waals surface area contributed by atoms with Gasteiger partial charge in [0.1, 0.15) is 16.7 Å². The summed E-state index contributed by atoms with van der Waals surface area (Å²) in [7, 11) is 4.48. The highest BCUT2D eigenvalue weighted by atomic mass is 79.9. The smallest absolute Gasteiger partial charge is 0.204 e. The molecular weight excluding hydrogens is 456 g/mol. The number of hydrogen-bond acceptors (Lipinski definition) is 7. The highest BCUT2D eigenvalue weighted by Crippen LogP contribution is 2.42. The van der Waals surface area contributed by atoms with Crippen molar-refractivity contribution >= 4 is 26.9 Å². The molecule has 0 atom stereocenters. The van der Waals surface area contributed by atoms with E-state index in [9.17, 15) is 9.90 Å². The number of hydrogen-bond donors (Lipinski definition) is 1. The summed E-state index contributed by atoms with van der Waals surface area (Å²) in [6, 6.07) is 8.08. The second-order valence-electron chi connectivity index (χ2n) is 6.42. The first-order chi connectivity index (χ1) is 14.5. The number of phenols is 1. The van der Waals surface area contributed by atoms with Crippen LogP contribution in [0.15, 0.2) is 39.5 Å². The third-order valence-corrected chi connectivity index (χ3v) is 5.13. The van der Waals surface area contributed by atoms with Gasteiger partial charge in [0, 0.05) is 23.0 Å². The molecule has 30 heavy (non-hydrogen) atoms. The van der Waals surface area contributed by atoms with E-state index in [1.807, 2.05) is 0 Å². The van der Waals surface area contributed by atoms with Crippen molar-refractivity contribution in [3.63, 3.8) is 0 Å². The van der Waals surface area contributed by atoms with E-state index in [2.05, 4.69) is 15.9 Å². The molecule has 0 saturated heterocycles. The number of alkyl halides is 1. The van der Waals surface area contributed by atoms with Gasteiger partial charge in [-0.3, -0.25) is 4.79 Å². The number of benzene rings is 2. The van der Waals surface area contributed by atoms with Crippen molar-refractivity contribution in [3.8, 4) is 40.1 Å². The van der Waals surface area contributed by atoms with E-state index in [0.717, 1.165) is 18.2 Å². The minimum atomic E-state index is -0.400. The second kappa shape index (κ2) is 9.75.